The first-order chi connectivity index (χ1) is 11.5. The zero-order valence-corrected chi connectivity index (χ0v) is 13.7. The van der Waals surface area contributed by atoms with Gasteiger partial charge in [-0.1, -0.05) is 17.8 Å². The molecule has 0 radical (unpaired) electrons. The van der Waals surface area contributed by atoms with Gasteiger partial charge in [0.1, 0.15) is 11.6 Å². The molecule has 2 heterocycles. The zero-order chi connectivity index (χ0) is 17.3. The smallest absolute Gasteiger partial charge is 0.257 e. The number of carbonyl (C=O) groups is 1. The molecule has 0 saturated carbocycles. The molecule has 1 N–H and O–H groups in total. The SMILES string of the molecule is Cc1cnc2n(c1=O)C(CC(=O)NCc1c(F)cccc1F)CS2. The minimum atomic E-state index is -0.701. The van der Waals surface area contributed by atoms with Crippen LogP contribution in [0.2, 0.25) is 0 Å². The summed E-state index contributed by atoms with van der Waals surface area (Å²) in [6.45, 7) is 1.44. The number of hydrogen-bond donors (Lipinski definition) is 1. The number of fused-ring (bicyclic) bond motifs is 1. The minimum absolute atomic E-state index is 0.0567. The van der Waals surface area contributed by atoms with Crippen LogP contribution in [0.3, 0.4) is 0 Å². The highest BCUT2D eigenvalue weighted by Crippen LogP contribution is 2.31. The van der Waals surface area contributed by atoms with E-state index in [9.17, 15) is 18.4 Å². The zero-order valence-electron chi connectivity index (χ0n) is 12.9. The van der Waals surface area contributed by atoms with Gasteiger partial charge in [0, 0.05) is 36.0 Å². The summed E-state index contributed by atoms with van der Waals surface area (Å²) in [6, 6.07) is 3.24. The van der Waals surface area contributed by atoms with E-state index in [1.807, 2.05) is 0 Å². The maximum absolute atomic E-state index is 13.6. The molecule has 1 aromatic carbocycles. The van der Waals surface area contributed by atoms with Crippen LogP contribution in [0.15, 0.2) is 34.3 Å². The van der Waals surface area contributed by atoms with Crippen LogP contribution in [-0.4, -0.2) is 21.2 Å². The summed E-state index contributed by atoms with van der Waals surface area (Å²) in [5, 5.41) is 3.10. The Hall–Kier alpha value is -2.22. The number of aromatic nitrogens is 2. The molecule has 3 rings (SSSR count). The molecule has 1 atom stereocenters. The summed E-state index contributed by atoms with van der Waals surface area (Å²) >= 11 is 1.41. The lowest BCUT2D eigenvalue weighted by Gasteiger charge is -2.14. The van der Waals surface area contributed by atoms with Crippen LogP contribution < -0.4 is 10.9 Å². The number of carbonyl (C=O) groups excluding carboxylic acids is 1. The van der Waals surface area contributed by atoms with Crippen LogP contribution in [0, 0.1) is 18.6 Å². The number of amides is 1. The lowest BCUT2D eigenvalue weighted by Crippen LogP contribution is -2.31. The Kier molecular flexibility index (Phi) is 4.66. The Morgan fingerprint density at radius 1 is 1.42 bits per heavy atom. The second kappa shape index (κ2) is 6.72. The first-order valence-electron chi connectivity index (χ1n) is 7.38. The second-order valence-electron chi connectivity index (χ2n) is 5.54. The van der Waals surface area contributed by atoms with E-state index < -0.39 is 11.6 Å². The second-order valence-corrected chi connectivity index (χ2v) is 6.53. The van der Waals surface area contributed by atoms with Crippen molar-refractivity contribution >= 4 is 17.7 Å². The van der Waals surface area contributed by atoms with Gasteiger partial charge in [-0.2, -0.15) is 0 Å². The Bertz CT molecular complexity index is 833. The van der Waals surface area contributed by atoms with Crippen molar-refractivity contribution in [1.29, 1.82) is 0 Å². The predicted octanol–water partition coefficient (Wildman–Crippen LogP) is 2.18. The lowest BCUT2D eigenvalue weighted by molar-refractivity contribution is -0.121. The number of nitrogens with zero attached hydrogens (tertiary/aromatic N) is 2. The van der Waals surface area contributed by atoms with Crippen LogP contribution in [0.25, 0.3) is 0 Å². The first kappa shape index (κ1) is 16.6. The average Bonchev–Trinajstić information content (AvgIpc) is 2.94. The number of rotatable bonds is 4. The van der Waals surface area contributed by atoms with Crippen LogP contribution in [-0.2, 0) is 11.3 Å². The number of thioether (sulfide) groups is 1. The molecule has 0 saturated heterocycles. The molecule has 1 aliphatic rings. The summed E-state index contributed by atoms with van der Waals surface area (Å²) in [7, 11) is 0. The summed E-state index contributed by atoms with van der Waals surface area (Å²) in [4.78, 5) is 28.5. The van der Waals surface area contributed by atoms with Crippen LogP contribution in [0.4, 0.5) is 8.78 Å². The maximum Gasteiger partial charge on any atom is 0.257 e. The van der Waals surface area contributed by atoms with Crippen molar-refractivity contribution < 1.29 is 13.6 Å². The van der Waals surface area contributed by atoms with Gasteiger partial charge in [0.05, 0.1) is 6.04 Å². The summed E-state index contributed by atoms with van der Waals surface area (Å²) in [5.41, 5.74) is 0.171. The van der Waals surface area contributed by atoms with Gasteiger partial charge in [-0.25, -0.2) is 13.8 Å². The molecule has 0 spiro atoms. The maximum atomic E-state index is 13.6. The standard InChI is InChI=1S/C16H15F2N3O2S/c1-9-6-20-16-21(15(9)23)10(8-24-16)5-14(22)19-7-11-12(17)3-2-4-13(11)18/h2-4,6,10H,5,7-8H2,1H3,(H,19,22). The van der Waals surface area contributed by atoms with E-state index in [1.165, 1.54) is 28.6 Å². The highest BCUT2D eigenvalue weighted by atomic mass is 32.2. The van der Waals surface area contributed by atoms with Gasteiger partial charge in [-0.3, -0.25) is 14.2 Å². The first-order valence-corrected chi connectivity index (χ1v) is 8.36. The average molecular weight is 351 g/mol. The van der Waals surface area contributed by atoms with Gasteiger partial charge < -0.3 is 5.32 Å². The summed E-state index contributed by atoms with van der Waals surface area (Å²) < 4.78 is 28.6. The molecule has 1 aliphatic heterocycles. The highest BCUT2D eigenvalue weighted by Gasteiger charge is 2.27. The van der Waals surface area contributed by atoms with Gasteiger partial charge in [0.2, 0.25) is 5.91 Å². The third-order valence-corrected chi connectivity index (χ3v) is 4.96. The fourth-order valence-electron chi connectivity index (χ4n) is 2.54. The molecule has 2 aromatic rings. The van der Waals surface area contributed by atoms with Gasteiger partial charge in [0.25, 0.3) is 5.56 Å². The van der Waals surface area contributed by atoms with Crippen LogP contribution in [0.1, 0.15) is 23.6 Å². The number of nitrogens with one attached hydrogen (secondary N) is 1. The molecular weight excluding hydrogens is 336 g/mol. The van der Waals surface area contributed by atoms with Gasteiger partial charge >= 0.3 is 0 Å². The molecule has 0 aliphatic carbocycles. The van der Waals surface area contributed by atoms with Gasteiger partial charge in [0.15, 0.2) is 5.16 Å². The van der Waals surface area contributed by atoms with E-state index in [2.05, 4.69) is 10.3 Å². The molecule has 1 amide bonds. The lowest BCUT2D eigenvalue weighted by atomic mass is 10.1. The topological polar surface area (TPSA) is 64.0 Å². The minimum Gasteiger partial charge on any atom is -0.352 e. The van der Waals surface area contributed by atoms with Crippen molar-refractivity contribution in [3.63, 3.8) is 0 Å². The van der Waals surface area contributed by atoms with Gasteiger partial charge in [-0.15, -0.1) is 0 Å². The van der Waals surface area contributed by atoms with Crippen LogP contribution >= 0.6 is 11.8 Å². The van der Waals surface area contributed by atoms with Crippen LogP contribution in [0.5, 0.6) is 0 Å². The van der Waals surface area contributed by atoms with E-state index in [-0.39, 0.29) is 36.0 Å². The van der Waals surface area contributed by atoms with Gasteiger partial charge in [-0.05, 0) is 19.1 Å². The molecule has 0 fully saturated rings. The van der Waals surface area contributed by atoms with E-state index in [0.717, 1.165) is 12.1 Å². The number of aryl methyl sites for hydroxylation is 1. The predicted molar refractivity (Wildman–Crippen MR) is 85.8 cm³/mol. The largest absolute Gasteiger partial charge is 0.352 e. The summed E-state index contributed by atoms with van der Waals surface area (Å²) in [6.07, 6.45) is 1.58. The quantitative estimate of drug-likeness (QED) is 0.858. The number of halogens is 2. The van der Waals surface area contributed by atoms with E-state index in [0.29, 0.717) is 16.5 Å². The number of hydrogen-bond acceptors (Lipinski definition) is 4. The molecule has 1 unspecified atom stereocenters. The Labute approximate surface area is 141 Å². The summed E-state index contributed by atoms with van der Waals surface area (Å²) in [5.74, 6) is -1.21. The number of benzene rings is 1. The molecule has 24 heavy (non-hydrogen) atoms. The van der Waals surface area contributed by atoms with E-state index in [4.69, 9.17) is 0 Å². The van der Waals surface area contributed by atoms with Crippen molar-refractivity contribution in [1.82, 2.24) is 14.9 Å². The fourth-order valence-corrected chi connectivity index (χ4v) is 3.65. The molecule has 126 valence electrons. The van der Waals surface area contributed by atoms with Crippen molar-refractivity contribution in [2.75, 3.05) is 5.75 Å². The molecule has 5 nitrogen and oxygen atoms in total. The molecule has 1 aromatic heterocycles. The fraction of sp³-hybridized carbons (Fsp3) is 0.312. The Balaban J connectivity index is 1.68. The van der Waals surface area contributed by atoms with Crippen molar-refractivity contribution in [3.8, 4) is 0 Å². The highest BCUT2D eigenvalue weighted by molar-refractivity contribution is 7.99. The Morgan fingerprint density at radius 3 is 2.83 bits per heavy atom. The monoisotopic (exact) mass is 351 g/mol. The Morgan fingerprint density at radius 2 is 2.12 bits per heavy atom. The van der Waals surface area contributed by atoms with Crippen molar-refractivity contribution in [3.05, 3.63) is 57.5 Å². The molecular formula is C16H15F2N3O2S. The third kappa shape index (κ3) is 3.19. The van der Waals surface area contributed by atoms with E-state index >= 15 is 0 Å². The van der Waals surface area contributed by atoms with E-state index in [1.54, 1.807) is 6.92 Å². The third-order valence-electron chi connectivity index (χ3n) is 3.85. The molecule has 8 heteroatoms. The van der Waals surface area contributed by atoms with Crippen molar-refractivity contribution in [2.45, 2.75) is 31.1 Å². The molecule has 0 bridgehead atoms. The normalized spacial score (nSPS) is 16.0. The van der Waals surface area contributed by atoms with Crippen molar-refractivity contribution in [2.24, 2.45) is 0 Å².